The molecule has 3 rings (SSSR count). The van der Waals surface area contributed by atoms with Crippen molar-refractivity contribution in [3.05, 3.63) is 82.5 Å². The smallest absolute Gasteiger partial charge is 0.257 e. The van der Waals surface area contributed by atoms with Crippen LogP contribution in [0.1, 0.15) is 15.9 Å². The molecule has 1 aromatic heterocycles. The number of carbonyl (C=O) groups is 1. The molecule has 0 aliphatic heterocycles. The highest BCUT2D eigenvalue weighted by molar-refractivity contribution is 9.10. The van der Waals surface area contributed by atoms with E-state index in [0.717, 1.165) is 10.2 Å². The van der Waals surface area contributed by atoms with E-state index < -0.39 is 0 Å². The number of para-hydroxylation sites is 1. The van der Waals surface area contributed by atoms with E-state index in [1.807, 2.05) is 30.3 Å². The summed E-state index contributed by atoms with van der Waals surface area (Å²) in [7, 11) is 0. The van der Waals surface area contributed by atoms with Gasteiger partial charge in [0.1, 0.15) is 5.82 Å². The van der Waals surface area contributed by atoms with Gasteiger partial charge in [-0.1, -0.05) is 18.2 Å². The first kappa shape index (κ1) is 16.7. The van der Waals surface area contributed by atoms with Gasteiger partial charge in [0.25, 0.3) is 5.91 Å². The Hall–Kier alpha value is -3.17. The minimum absolute atomic E-state index is 0.238. The maximum Gasteiger partial charge on any atom is 0.257 e. The van der Waals surface area contributed by atoms with Crippen LogP contribution < -0.4 is 10.6 Å². The molecule has 0 bridgehead atoms. The highest BCUT2D eigenvalue weighted by Gasteiger charge is 2.08. The number of hydrogen-bond donors (Lipinski definition) is 2. The molecule has 0 aliphatic rings. The number of rotatable bonds is 4. The standard InChI is InChI=1S/C19H13BrN4O/c20-16-6-1-2-7-17(16)24-19(25)14-8-9-18(22-12-14)23-15-5-3-4-13(10-15)11-21/h1-10,12H,(H,22,23)(H,24,25). The molecule has 122 valence electrons. The third kappa shape index (κ3) is 4.22. The van der Waals surface area contributed by atoms with Crippen LogP contribution in [0.5, 0.6) is 0 Å². The Morgan fingerprint density at radius 1 is 1.08 bits per heavy atom. The highest BCUT2D eigenvalue weighted by Crippen LogP contribution is 2.22. The molecule has 0 saturated carbocycles. The number of anilines is 3. The second-order valence-corrected chi connectivity index (χ2v) is 6.04. The van der Waals surface area contributed by atoms with Gasteiger partial charge in [0.05, 0.1) is 22.9 Å². The third-order valence-electron chi connectivity index (χ3n) is 3.41. The van der Waals surface area contributed by atoms with Crippen LogP contribution in [0.2, 0.25) is 0 Å². The maximum absolute atomic E-state index is 12.3. The zero-order valence-electron chi connectivity index (χ0n) is 13.0. The highest BCUT2D eigenvalue weighted by atomic mass is 79.9. The van der Waals surface area contributed by atoms with Gasteiger partial charge in [-0.05, 0) is 58.4 Å². The largest absolute Gasteiger partial charge is 0.340 e. The minimum Gasteiger partial charge on any atom is -0.340 e. The van der Waals surface area contributed by atoms with E-state index in [9.17, 15) is 4.79 Å². The van der Waals surface area contributed by atoms with Crippen LogP contribution in [-0.4, -0.2) is 10.9 Å². The number of nitriles is 1. The molecule has 1 amide bonds. The first-order valence-electron chi connectivity index (χ1n) is 7.45. The van der Waals surface area contributed by atoms with Gasteiger partial charge in [-0.15, -0.1) is 0 Å². The van der Waals surface area contributed by atoms with Gasteiger partial charge in [0, 0.05) is 16.4 Å². The van der Waals surface area contributed by atoms with E-state index in [1.165, 1.54) is 6.20 Å². The van der Waals surface area contributed by atoms with E-state index in [1.54, 1.807) is 30.3 Å². The quantitative estimate of drug-likeness (QED) is 0.673. The number of halogens is 1. The average Bonchev–Trinajstić information content (AvgIpc) is 2.64. The van der Waals surface area contributed by atoms with Crippen LogP contribution in [0.3, 0.4) is 0 Å². The molecule has 0 fully saturated rings. The summed E-state index contributed by atoms with van der Waals surface area (Å²) in [5, 5.41) is 14.9. The molecule has 6 heteroatoms. The van der Waals surface area contributed by atoms with Crippen molar-refractivity contribution >= 4 is 39.0 Å². The van der Waals surface area contributed by atoms with Crippen LogP contribution in [-0.2, 0) is 0 Å². The second kappa shape index (κ2) is 7.60. The molecule has 2 aromatic carbocycles. The van der Waals surface area contributed by atoms with Crippen molar-refractivity contribution in [1.82, 2.24) is 4.98 Å². The lowest BCUT2D eigenvalue weighted by atomic mass is 10.2. The zero-order valence-corrected chi connectivity index (χ0v) is 14.6. The van der Waals surface area contributed by atoms with Crippen molar-refractivity contribution < 1.29 is 4.79 Å². The predicted octanol–water partition coefficient (Wildman–Crippen LogP) is 4.71. The summed E-state index contributed by atoms with van der Waals surface area (Å²) >= 11 is 3.39. The molecule has 3 aromatic rings. The normalized spacial score (nSPS) is 9.92. The summed E-state index contributed by atoms with van der Waals surface area (Å²) in [5.74, 6) is 0.352. The fraction of sp³-hybridized carbons (Fsp3) is 0. The van der Waals surface area contributed by atoms with Gasteiger partial charge in [0.15, 0.2) is 0 Å². The number of nitrogens with one attached hydrogen (secondary N) is 2. The Morgan fingerprint density at radius 2 is 1.92 bits per heavy atom. The van der Waals surface area contributed by atoms with Crippen LogP contribution >= 0.6 is 15.9 Å². The van der Waals surface area contributed by atoms with Gasteiger partial charge >= 0.3 is 0 Å². The van der Waals surface area contributed by atoms with Crippen LogP contribution in [0, 0.1) is 11.3 Å². The van der Waals surface area contributed by atoms with E-state index in [0.29, 0.717) is 22.6 Å². The molecule has 2 N–H and O–H groups in total. The van der Waals surface area contributed by atoms with Crippen LogP contribution in [0.4, 0.5) is 17.2 Å². The number of amides is 1. The van der Waals surface area contributed by atoms with E-state index in [-0.39, 0.29) is 5.91 Å². The Morgan fingerprint density at radius 3 is 2.64 bits per heavy atom. The molecule has 25 heavy (non-hydrogen) atoms. The fourth-order valence-electron chi connectivity index (χ4n) is 2.17. The monoisotopic (exact) mass is 392 g/mol. The lowest BCUT2D eigenvalue weighted by Gasteiger charge is -2.08. The van der Waals surface area contributed by atoms with Crippen molar-refractivity contribution in [3.63, 3.8) is 0 Å². The average molecular weight is 393 g/mol. The van der Waals surface area contributed by atoms with Gasteiger partial charge in [-0.2, -0.15) is 5.26 Å². The van der Waals surface area contributed by atoms with Gasteiger partial charge in [-0.25, -0.2) is 4.98 Å². The SMILES string of the molecule is N#Cc1cccc(Nc2ccc(C(=O)Nc3ccccc3Br)cn2)c1. The Balaban J connectivity index is 1.70. The van der Waals surface area contributed by atoms with Crippen molar-refractivity contribution in [2.24, 2.45) is 0 Å². The summed E-state index contributed by atoms with van der Waals surface area (Å²) in [6.07, 6.45) is 1.50. The van der Waals surface area contributed by atoms with E-state index in [4.69, 9.17) is 5.26 Å². The summed E-state index contributed by atoms with van der Waals surface area (Å²) in [6.45, 7) is 0. The number of hydrogen-bond acceptors (Lipinski definition) is 4. The zero-order chi connectivity index (χ0) is 17.6. The molecule has 0 spiro atoms. The van der Waals surface area contributed by atoms with Crippen LogP contribution in [0.25, 0.3) is 0 Å². The summed E-state index contributed by atoms with van der Waals surface area (Å²) in [5.41, 5.74) is 2.47. The molecule has 5 nitrogen and oxygen atoms in total. The van der Waals surface area contributed by atoms with E-state index in [2.05, 4.69) is 37.6 Å². The number of benzene rings is 2. The van der Waals surface area contributed by atoms with E-state index >= 15 is 0 Å². The van der Waals surface area contributed by atoms with Gasteiger partial charge in [0.2, 0.25) is 0 Å². The second-order valence-electron chi connectivity index (χ2n) is 5.18. The lowest BCUT2D eigenvalue weighted by molar-refractivity contribution is 0.102. The summed E-state index contributed by atoms with van der Waals surface area (Å²) in [4.78, 5) is 16.5. The van der Waals surface area contributed by atoms with Crippen molar-refractivity contribution in [2.75, 3.05) is 10.6 Å². The summed E-state index contributed by atoms with van der Waals surface area (Å²) < 4.78 is 0.812. The molecule has 0 aliphatic carbocycles. The minimum atomic E-state index is -0.238. The number of aromatic nitrogens is 1. The Kier molecular flexibility index (Phi) is 5.07. The first-order valence-corrected chi connectivity index (χ1v) is 8.24. The van der Waals surface area contributed by atoms with Gasteiger partial charge < -0.3 is 10.6 Å². The Labute approximate surface area is 153 Å². The van der Waals surface area contributed by atoms with Crippen LogP contribution in [0.15, 0.2) is 71.3 Å². The topological polar surface area (TPSA) is 77.8 Å². The molecule has 0 atom stereocenters. The van der Waals surface area contributed by atoms with Crippen molar-refractivity contribution in [2.45, 2.75) is 0 Å². The fourth-order valence-corrected chi connectivity index (χ4v) is 2.56. The molecule has 1 heterocycles. The molecule has 0 unspecified atom stereocenters. The van der Waals surface area contributed by atoms with Crippen molar-refractivity contribution in [1.29, 1.82) is 5.26 Å². The number of carbonyl (C=O) groups excluding carboxylic acids is 1. The first-order chi connectivity index (χ1) is 12.2. The maximum atomic E-state index is 12.3. The molecular formula is C19H13BrN4O. The lowest BCUT2D eigenvalue weighted by Crippen LogP contribution is -2.12. The number of pyridine rings is 1. The number of nitrogens with zero attached hydrogens (tertiary/aromatic N) is 2. The molecular weight excluding hydrogens is 380 g/mol. The molecule has 0 saturated heterocycles. The van der Waals surface area contributed by atoms with Crippen molar-refractivity contribution in [3.8, 4) is 6.07 Å². The predicted molar refractivity (Wildman–Crippen MR) is 101 cm³/mol. The Bertz CT molecular complexity index is 948. The molecule has 0 radical (unpaired) electrons. The van der Waals surface area contributed by atoms with Gasteiger partial charge in [-0.3, -0.25) is 4.79 Å². The third-order valence-corrected chi connectivity index (χ3v) is 4.10. The summed E-state index contributed by atoms with van der Waals surface area (Å²) in [6, 6.07) is 20.0.